The molecule has 1 nitrogen and oxygen atoms in total. The summed E-state index contributed by atoms with van der Waals surface area (Å²) in [5.41, 5.74) is 1.40. The van der Waals surface area contributed by atoms with Gasteiger partial charge in [-0.15, -0.1) is 0 Å². The van der Waals surface area contributed by atoms with Crippen molar-refractivity contribution < 1.29 is 4.43 Å². The molecule has 3 heteroatoms. The minimum Gasteiger partial charge on any atom is -0.414 e. The summed E-state index contributed by atoms with van der Waals surface area (Å²) in [6.45, 7) is 19.3. The quantitative estimate of drug-likeness (QED) is 0.355. The molecule has 0 saturated carbocycles. The van der Waals surface area contributed by atoms with Crippen molar-refractivity contribution >= 4 is 16.4 Å². The summed E-state index contributed by atoms with van der Waals surface area (Å²) >= 11 is 0. The van der Waals surface area contributed by atoms with Crippen molar-refractivity contribution in [2.24, 2.45) is 5.92 Å². The summed E-state index contributed by atoms with van der Waals surface area (Å²) in [7, 11) is -2.53. The van der Waals surface area contributed by atoms with Crippen LogP contribution in [0.4, 0.5) is 0 Å². The van der Waals surface area contributed by atoms with Crippen LogP contribution in [-0.4, -0.2) is 22.5 Å². The Morgan fingerprint density at radius 3 is 1.76 bits per heavy atom. The van der Waals surface area contributed by atoms with Crippen LogP contribution in [0.25, 0.3) is 0 Å². The van der Waals surface area contributed by atoms with Gasteiger partial charge in [0.1, 0.15) is 0 Å². The maximum atomic E-state index is 6.84. The highest BCUT2D eigenvalue weighted by atomic mass is 28.4. The van der Waals surface area contributed by atoms with E-state index in [-0.39, 0.29) is 0 Å². The molecule has 2 unspecified atom stereocenters. The van der Waals surface area contributed by atoms with Crippen LogP contribution in [0.1, 0.15) is 65.7 Å². The molecule has 2 atom stereocenters. The normalized spacial score (nSPS) is 16.0. The van der Waals surface area contributed by atoms with Crippen LogP contribution < -0.4 is 0 Å². The fraction of sp³-hybridized carbons (Fsp3) is 1.00. The van der Waals surface area contributed by atoms with Crippen molar-refractivity contribution in [3.8, 4) is 0 Å². The van der Waals surface area contributed by atoms with Gasteiger partial charge < -0.3 is 4.43 Å². The van der Waals surface area contributed by atoms with Crippen molar-refractivity contribution in [1.82, 2.24) is 0 Å². The fourth-order valence-corrected chi connectivity index (χ4v) is 15.3. The molecule has 0 rings (SSSR count). The number of hydrogen-bond acceptors (Lipinski definition) is 1. The minimum atomic E-state index is -1.51. The van der Waals surface area contributed by atoms with Crippen molar-refractivity contribution in [1.29, 1.82) is 0 Å². The largest absolute Gasteiger partial charge is 0.414 e. The fourth-order valence-electron chi connectivity index (χ4n) is 3.64. The van der Waals surface area contributed by atoms with E-state index in [1.54, 1.807) is 0 Å². The Morgan fingerprint density at radius 1 is 0.810 bits per heavy atom. The van der Waals surface area contributed by atoms with E-state index in [9.17, 15) is 0 Å². The Hall–Kier alpha value is 0.394. The average molecular weight is 331 g/mol. The smallest absolute Gasteiger partial charge is 0.184 e. The first-order valence-corrected chi connectivity index (χ1v) is 16.1. The first-order valence-electron chi connectivity index (χ1n) is 9.33. The van der Waals surface area contributed by atoms with E-state index < -0.39 is 16.4 Å². The van der Waals surface area contributed by atoms with Gasteiger partial charge in [-0.2, -0.15) is 0 Å². The van der Waals surface area contributed by atoms with E-state index in [4.69, 9.17) is 4.43 Å². The van der Waals surface area contributed by atoms with Crippen LogP contribution >= 0.6 is 0 Å². The van der Waals surface area contributed by atoms with E-state index in [0.717, 1.165) is 5.92 Å². The maximum absolute atomic E-state index is 6.84. The van der Waals surface area contributed by atoms with E-state index in [1.807, 2.05) is 0 Å². The Bertz CT molecular complexity index is 258. The molecule has 0 aliphatic carbocycles. The van der Waals surface area contributed by atoms with Crippen LogP contribution in [0, 0.1) is 5.92 Å². The Labute approximate surface area is 137 Å². The van der Waals surface area contributed by atoms with E-state index in [0.29, 0.717) is 6.10 Å². The molecule has 0 bridgehead atoms. The summed E-state index contributed by atoms with van der Waals surface area (Å²) in [6.07, 6.45) is 9.74. The maximum Gasteiger partial charge on any atom is 0.184 e. The first kappa shape index (κ1) is 21.4. The summed E-state index contributed by atoms with van der Waals surface area (Å²) in [5.74, 6) is 0.782. The predicted octanol–water partition coefficient (Wildman–Crippen LogP) is 6.86. The molecular weight excluding hydrogens is 288 g/mol. The molecule has 0 radical (unpaired) electrons. The lowest BCUT2D eigenvalue weighted by molar-refractivity contribution is 0.104. The Morgan fingerprint density at radius 2 is 1.33 bits per heavy atom. The lowest BCUT2D eigenvalue weighted by atomic mass is 9.90. The Kier molecular flexibility index (Phi) is 10.4. The first-order chi connectivity index (χ1) is 9.65. The van der Waals surface area contributed by atoms with E-state index in [1.165, 1.54) is 50.6 Å². The molecule has 0 spiro atoms. The van der Waals surface area contributed by atoms with Crippen LogP contribution in [0.15, 0.2) is 0 Å². The molecule has 0 fully saturated rings. The van der Waals surface area contributed by atoms with Gasteiger partial charge in [-0.05, 0) is 37.5 Å². The van der Waals surface area contributed by atoms with Crippen LogP contribution in [0.2, 0.25) is 38.4 Å². The van der Waals surface area contributed by atoms with E-state index in [2.05, 4.69) is 53.5 Å². The minimum absolute atomic E-state index is 0.527. The zero-order valence-electron chi connectivity index (χ0n) is 16.2. The second kappa shape index (κ2) is 10.2. The third-order valence-corrected chi connectivity index (χ3v) is 12.8. The molecular formula is C18H42OSi2. The van der Waals surface area contributed by atoms with Gasteiger partial charge in [-0.25, -0.2) is 0 Å². The molecule has 21 heavy (non-hydrogen) atoms. The second-order valence-electron chi connectivity index (χ2n) is 8.61. The zero-order chi connectivity index (χ0) is 16.5. The molecule has 0 aliphatic rings. The van der Waals surface area contributed by atoms with Crippen molar-refractivity contribution in [3.63, 3.8) is 0 Å². The number of rotatable bonds is 12. The number of hydrogen-bond donors (Lipinski definition) is 0. The lowest BCUT2D eigenvalue weighted by Crippen LogP contribution is -2.44. The molecule has 128 valence electrons. The predicted molar refractivity (Wildman–Crippen MR) is 103 cm³/mol. The molecule has 0 aromatic rings. The van der Waals surface area contributed by atoms with Gasteiger partial charge in [0.2, 0.25) is 0 Å². The van der Waals surface area contributed by atoms with Crippen molar-refractivity contribution in [3.05, 3.63) is 0 Å². The molecule has 0 N–H and O–H groups in total. The lowest BCUT2D eigenvalue weighted by Gasteiger charge is -2.37. The highest BCUT2D eigenvalue weighted by molar-refractivity contribution is 6.92. The summed E-state index contributed by atoms with van der Waals surface area (Å²) < 4.78 is 6.84. The average Bonchev–Trinajstić information content (AvgIpc) is 2.33. The molecule has 0 heterocycles. The monoisotopic (exact) mass is 330 g/mol. The topological polar surface area (TPSA) is 9.23 Å². The molecule has 0 saturated heterocycles. The van der Waals surface area contributed by atoms with Crippen molar-refractivity contribution in [2.45, 2.75) is 110 Å². The van der Waals surface area contributed by atoms with Gasteiger partial charge in [-0.3, -0.25) is 0 Å². The summed E-state index contributed by atoms with van der Waals surface area (Å²) in [4.78, 5) is 0. The molecule has 0 aromatic carbocycles. The van der Waals surface area contributed by atoms with Crippen LogP contribution in [0.5, 0.6) is 0 Å². The third-order valence-electron chi connectivity index (χ3n) is 4.25. The number of unbranched alkanes of at least 4 members (excludes halogenated alkanes) is 2. The standard InChI is InChI=1S/C18H42OSi2/c1-9-12-14-17(11-3)18(15-13-10-2)19-21(7,8)16-20(4,5)6/h17-18H,9-16H2,1-8H3. The van der Waals surface area contributed by atoms with Gasteiger partial charge in [0.25, 0.3) is 0 Å². The summed E-state index contributed by atoms with van der Waals surface area (Å²) in [6, 6.07) is 0. The van der Waals surface area contributed by atoms with Gasteiger partial charge in [0.05, 0.1) is 0 Å². The van der Waals surface area contributed by atoms with Crippen molar-refractivity contribution in [2.75, 3.05) is 0 Å². The third kappa shape index (κ3) is 10.7. The van der Waals surface area contributed by atoms with Crippen LogP contribution in [-0.2, 0) is 4.43 Å². The van der Waals surface area contributed by atoms with Gasteiger partial charge >= 0.3 is 0 Å². The molecule has 0 aliphatic heterocycles. The molecule has 0 amide bonds. The van der Waals surface area contributed by atoms with Crippen LogP contribution in [0.3, 0.4) is 0 Å². The van der Waals surface area contributed by atoms with E-state index >= 15 is 0 Å². The summed E-state index contributed by atoms with van der Waals surface area (Å²) in [5, 5.41) is 0. The highest BCUT2D eigenvalue weighted by Gasteiger charge is 2.34. The van der Waals surface area contributed by atoms with Gasteiger partial charge in [-0.1, -0.05) is 72.5 Å². The Balaban J connectivity index is 4.79. The SMILES string of the molecule is CCCCC(CC)C(CCCC)O[Si](C)(C)C[Si](C)(C)C. The highest BCUT2D eigenvalue weighted by Crippen LogP contribution is 2.29. The van der Waals surface area contributed by atoms with Gasteiger partial charge in [0, 0.05) is 14.2 Å². The second-order valence-corrected chi connectivity index (χ2v) is 18.9. The van der Waals surface area contributed by atoms with Gasteiger partial charge in [0.15, 0.2) is 8.32 Å². The molecule has 0 aromatic heterocycles. The zero-order valence-corrected chi connectivity index (χ0v) is 18.2.